The van der Waals surface area contributed by atoms with Crippen LogP contribution in [-0.4, -0.2) is 0 Å². The third-order valence-electron chi connectivity index (χ3n) is 11.8. The van der Waals surface area contributed by atoms with Crippen LogP contribution in [0.2, 0.25) is 0 Å². The van der Waals surface area contributed by atoms with Crippen molar-refractivity contribution in [2.75, 3.05) is 0 Å². The summed E-state index contributed by atoms with van der Waals surface area (Å²) >= 11 is 0. The van der Waals surface area contributed by atoms with Crippen LogP contribution in [-0.2, 0) is 0 Å². The lowest BCUT2D eigenvalue weighted by Gasteiger charge is -2.22. The van der Waals surface area contributed by atoms with Crippen molar-refractivity contribution in [3.8, 4) is 55.6 Å². The lowest BCUT2D eigenvalue weighted by atomic mass is 9.81. The first-order valence-corrected chi connectivity index (χ1v) is 20.7. The van der Waals surface area contributed by atoms with Crippen LogP contribution in [0.3, 0.4) is 0 Å². The SMILES string of the molecule is C=C/C=C(\C=C)c1ccc(-c2cc(-c3ccc(-c4ccccc4)cc3)c3ccc4c(-c5ccc(F)cc5)cc(-c5ccc(C(/C=C\CC)=C/C)cc5)c5ccc2c3c45)cc1. The van der Waals surface area contributed by atoms with E-state index in [1.165, 1.54) is 54.8 Å². The second-order valence-corrected chi connectivity index (χ2v) is 15.2. The second-order valence-electron chi connectivity index (χ2n) is 15.2. The fraction of sp³-hybridized carbons (Fsp3) is 0.0508. The Morgan fingerprint density at radius 2 is 0.883 bits per heavy atom. The third kappa shape index (κ3) is 6.99. The Morgan fingerprint density at radius 3 is 1.30 bits per heavy atom. The van der Waals surface area contributed by atoms with Gasteiger partial charge in [-0.1, -0.05) is 196 Å². The highest BCUT2D eigenvalue weighted by Gasteiger charge is 2.21. The minimum atomic E-state index is -0.247. The number of allylic oxidation sites excluding steroid dienone is 8. The van der Waals surface area contributed by atoms with Crippen molar-refractivity contribution in [1.82, 2.24) is 0 Å². The molecule has 0 amide bonds. The zero-order valence-electron chi connectivity index (χ0n) is 34.1. The van der Waals surface area contributed by atoms with Gasteiger partial charge in [-0.2, -0.15) is 0 Å². The van der Waals surface area contributed by atoms with Crippen molar-refractivity contribution >= 4 is 43.5 Å². The van der Waals surface area contributed by atoms with E-state index in [2.05, 4.69) is 185 Å². The predicted molar refractivity (Wildman–Crippen MR) is 259 cm³/mol. The molecule has 0 N–H and O–H groups in total. The highest BCUT2D eigenvalue weighted by molar-refractivity contribution is 6.32. The molecule has 0 aliphatic heterocycles. The summed E-state index contributed by atoms with van der Waals surface area (Å²) in [4.78, 5) is 0. The van der Waals surface area contributed by atoms with Crippen molar-refractivity contribution in [1.29, 1.82) is 0 Å². The number of hydrogen-bond donors (Lipinski definition) is 0. The summed E-state index contributed by atoms with van der Waals surface area (Å²) in [6.07, 6.45) is 13.2. The van der Waals surface area contributed by atoms with Crippen molar-refractivity contribution in [3.05, 3.63) is 230 Å². The summed E-state index contributed by atoms with van der Waals surface area (Å²) in [5, 5.41) is 7.12. The topological polar surface area (TPSA) is 0 Å². The summed E-state index contributed by atoms with van der Waals surface area (Å²) < 4.78 is 14.4. The molecular weight excluding hydrogens is 728 g/mol. The van der Waals surface area contributed by atoms with Crippen molar-refractivity contribution in [2.45, 2.75) is 20.3 Å². The van der Waals surface area contributed by atoms with E-state index < -0.39 is 0 Å². The van der Waals surface area contributed by atoms with Crippen molar-refractivity contribution in [3.63, 3.8) is 0 Å². The van der Waals surface area contributed by atoms with Gasteiger partial charge < -0.3 is 0 Å². The molecule has 9 aromatic rings. The van der Waals surface area contributed by atoms with Crippen molar-refractivity contribution in [2.24, 2.45) is 0 Å². The Labute approximate surface area is 352 Å². The van der Waals surface area contributed by atoms with E-state index in [1.807, 2.05) is 24.3 Å². The molecule has 1 heteroatoms. The van der Waals surface area contributed by atoms with Gasteiger partial charge in [0, 0.05) is 0 Å². The van der Waals surface area contributed by atoms with E-state index in [-0.39, 0.29) is 5.82 Å². The maximum atomic E-state index is 14.4. The molecule has 0 fully saturated rings. The summed E-state index contributed by atoms with van der Waals surface area (Å²) in [6.45, 7) is 12.2. The van der Waals surface area contributed by atoms with E-state index in [0.717, 1.165) is 61.9 Å². The largest absolute Gasteiger partial charge is 0.207 e. The maximum Gasteiger partial charge on any atom is 0.123 e. The van der Waals surface area contributed by atoms with Crippen LogP contribution in [0.5, 0.6) is 0 Å². The fourth-order valence-corrected chi connectivity index (χ4v) is 8.75. The molecule has 0 nitrogen and oxygen atoms in total. The molecule has 0 radical (unpaired) electrons. The number of halogens is 1. The highest BCUT2D eigenvalue weighted by Crippen LogP contribution is 2.49. The van der Waals surface area contributed by atoms with Crippen LogP contribution < -0.4 is 0 Å². The van der Waals surface area contributed by atoms with E-state index in [4.69, 9.17) is 0 Å². The van der Waals surface area contributed by atoms with Crippen molar-refractivity contribution < 1.29 is 4.39 Å². The molecule has 0 bridgehead atoms. The van der Waals surface area contributed by atoms with Crippen LogP contribution >= 0.6 is 0 Å². The molecule has 0 heterocycles. The Kier molecular flexibility index (Phi) is 10.5. The molecule has 0 saturated carbocycles. The van der Waals surface area contributed by atoms with E-state index in [1.54, 1.807) is 18.2 Å². The highest BCUT2D eigenvalue weighted by atomic mass is 19.1. The zero-order chi connectivity index (χ0) is 41.2. The normalized spacial score (nSPS) is 12.2. The minimum absolute atomic E-state index is 0.247. The molecular formula is C59H45F. The van der Waals surface area contributed by atoms with E-state index in [9.17, 15) is 4.39 Å². The average molecular weight is 773 g/mol. The Balaban J connectivity index is 1.34. The smallest absolute Gasteiger partial charge is 0.123 e. The molecule has 0 aliphatic rings. The van der Waals surface area contributed by atoms with Gasteiger partial charge in [-0.05, 0) is 148 Å². The van der Waals surface area contributed by atoms with E-state index >= 15 is 0 Å². The van der Waals surface area contributed by atoms with Crippen LogP contribution in [0.4, 0.5) is 4.39 Å². The number of rotatable bonds is 11. The van der Waals surface area contributed by atoms with Gasteiger partial charge in [0.15, 0.2) is 0 Å². The van der Waals surface area contributed by atoms with Gasteiger partial charge in [0.25, 0.3) is 0 Å². The van der Waals surface area contributed by atoms with Gasteiger partial charge in [0.1, 0.15) is 5.82 Å². The first kappa shape index (κ1) is 38.2. The van der Waals surface area contributed by atoms with Gasteiger partial charge in [0.05, 0.1) is 0 Å². The minimum Gasteiger partial charge on any atom is -0.207 e. The van der Waals surface area contributed by atoms with Gasteiger partial charge >= 0.3 is 0 Å². The lowest BCUT2D eigenvalue weighted by molar-refractivity contribution is 0.628. The van der Waals surface area contributed by atoms with Crippen LogP contribution in [0.1, 0.15) is 31.4 Å². The zero-order valence-corrected chi connectivity index (χ0v) is 34.1. The quantitative estimate of drug-likeness (QED) is 0.0907. The van der Waals surface area contributed by atoms with E-state index in [0.29, 0.717) is 0 Å². The second kappa shape index (κ2) is 16.5. The first-order chi connectivity index (χ1) is 29.5. The lowest BCUT2D eigenvalue weighted by Crippen LogP contribution is -1.95. The monoisotopic (exact) mass is 772 g/mol. The average Bonchev–Trinajstić information content (AvgIpc) is 3.31. The van der Waals surface area contributed by atoms with Gasteiger partial charge in [-0.15, -0.1) is 0 Å². The molecule has 0 atom stereocenters. The molecule has 0 spiro atoms. The molecule has 0 unspecified atom stereocenters. The molecule has 0 aromatic heterocycles. The van der Waals surface area contributed by atoms with Gasteiger partial charge in [0.2, 0.25) is 0 Å². The number of hydrogen-bond acceptors (Lipinski definition) is 0. The Hall–Kier alpha value is -7.35. The summed E-state index contributed by atoms with van der Waals surface area (Å²) in [5.41, 5.74) is 15.8. The van der Waals surface area contributed by atoms with Crippen LogP contribution in [0.15, 0.2) is 213 Å². The van der Waals surface area contributed by atoms with Crippen LogP contribution in [0, 0.1) is 5.82 Å². The number of benzene rings is 9. The van der Waals surface area contributed by atoms with Gasteiger partial charge in [-0.3, -0.25) is 0 Å². The molecule has 9 aromatic carbocycles. The Bertz CT molecular complexity index is 3100. The Morgan fingerprint density at radius 1 is 0.483 bits per heavy atom. The first-order valence-electron chi connectivity index (χ1n) is 20.7. The summed E-state index contributed by atoms with van der Waals surface area (Å²) in [7, 11) is 0. The fourth-order valence-electron chi connectivity index (χ4n) is 8.75. The predicted octanol–water partition coefficient (Wildman–Crippen LogP) is 17.2. The molecule has 0 aliphatic carbocycles. The van der Waals surface area contributed by atoms with Crippen LogP contribution in [0.25, 0.3) is 99.1 Å². The summed E-state index contributed by atoms with van der Waals surface area (Å²) in [6, 6.07) is 58.0. The molecule has 288 valence electrons. The van der Waals surface area contributed by atoms with Gasteiger partial charge in [-0.25, -0.2) is 4.39 Å². The third-order valence-corrected chi connectivity index (χ3v) is 11.8. The standard InChI is InChI=1S/C59H45F/c1-5-9-14-40(8-4)43-19-25-46(26-20-43)56-38-57(48-29-31-49(60)32-30-48)53-36-35-51-55(47-27-21-44(22-28-47)41-15-11-10-12-16-41)37-54(50-33-34-52(56)59(53)58(50)51)45-23-17-42(18-24-45)39(7-3)13-6-2/h6-38H,2-3,5H2,1,4H3/b14-9-,39-13+,40-8+. The molecule has 60 heavy (non-hydrogen) atoms. The molecule has 9 rings (SSSR count). The summed E-state index contributed by atoms with van der Waals surface area (Å²) in [5.74, 6) is -0.247. The molecule has 0 saturated heterocycles. The maximum absolute atomic E-state index is 14.4.